The van der Waals surface area contributed by atoms with Crippen LogP contribution in [0, 0.1) is 0 Å². The molecule has 1 saturated heterocycles. The highest BCUT2D eigenvalue weighted by Crippen LogP contribution is 2.32. The monoisotopic (exact) mass is 626 g/mol. The number of rotatable bonds is 15. The molecule has 242 valence electrons. The van der Waals surface area contributed by atoms with Gasteiger partial charge in [-0.25, -0.2) is 0 Å². The highest BCUT2D eigenvalue weighted by molar-refractivity contribution is 5.66. The molecular weight excluding hydrogens is 584 g/mol. The topological polar surface area (TPSA) is 81.7 Å². The van der Waals surface area contributed by atoms with Crippen LogP contribution in [0.4, 0.5) is 0 Å². The van der Waals surface area contributed by atoms with Crippen LogP contribution in [0.3, 0.4) is 0 Å². The van der Waals surface area contributed by atoms with Crippen molar-refractivity contribution in [1.29, 1.82) is 0 Å². The van der Waals surface area contributed by atoms with Crippen molar-refractivity contribution in [2.75, 3.05) is 13.7 Å². The van der Waals surface area contributed by atoms with Gasteiger partial charge in [-0.05, 0) is 22.3 Å². The van der Waals surface area contributed by atoms with Crippen molar-refractivity contribution in [3.63, 3.8) is 0 Å². The molecule has 1 aliphatic rings. The summed E-state index contributed by atoms with van der Waals surface area (Å²) in [7, 11) is 1.52. The molecule has 1 heterocycles. The summed E-state index contributed by atoms with van der Waals surface area (Å²) in [5, 5.41) is 0. The van der Waals surface area contributed by atoms with E-state index in [1.807, 2.05) is 121 Å². The smallest absolute Gasteiger partial charge is 0.303 e. The summed E-state index contributed by atoms with van der Waals surface area (Å²) in [5.74, 6) is -0.494. The molecule has 1 aliphatic heterocycles. The summed E-state index contributed by atoms with van der Waals surface area (Å²) in [5.41, 5.74) is 3.94. The number of benzene rings is 4. The van der Waals surface area contributed by atoms with Crippen molar-refractivity contribution in [3.8, 4) is 0 Å². The number of hydrogen-bond donors (Lipinski definition) is 0. The number of carbonyl (C=O) groups is 1. The Bertz CT molecular complexity index is 1420. The first-order valence-corrected chi connectivity index (χ1v) is 15.5. The third-order valence-electron chi connectivity index (χ3n) is 7.70. The normalized spacial score (nSPS) is 23.0. The molecule has 0 spiro atoms. The average Bonchev–Trinajstić information content (AvgIpc) is 3.20. The quantitative estimate of drug-likeness (QED) is 0.143. The maximum atomic E-state index is 12.5. The van der Waals surface area contributed by atoms with Crippen LogP contribution in [0.2, 0.25) is 0 Å². The summed E-state index contributed by atoms with van der Waals surface area (Å²) in [6.45, 7) is 2.69. The minimum absolute atomic E-state index is 0.164. The lowest BCUT2D eigenvalue weighted by atomic mass is 9.99. The zero-order chi connectivity index (χ0) is 32.0. The molecule has 0 bridgehead atoms. The van der Waals surface area contributed by atoms with Crippen LogP contribution < -0.4 is 0 Å². The van der Waals surface area contributed by atoms with E-state index in [4.69, 9.17) is 33.2 Å². The van der Waals surface area contributed by atoms with Gasteiger partial charge in [0, 0.05) is 14.0 Å². The molecule has 8 heteroatoms. The minimum Gasteiger partial charge on any atom is -0.454 e. The van der Waals surface area contributed by atoms with Crippen molar-refractivity contribution in [3.05, 3.63) is 144 Å². The first-order chi connectivity index (χ1) is 22.6. The van der Waals surface area contributed by atoms with Crippen LogP contribution in [0.25, 0.3) is 0 Å². The van der Waals surface area contributed by atoms with Crippen LogP contribution in [0.5, 0.6) is 0 Å². The van der Waals surface area contributed by atoms with E-state index in [9.17, 15) is 4.79 Å². The maximum absolute atomic E-state index is 12.5. The molecule has 0 N–H and O–H groups in total. The fourth-order valence-corrected chi connectivity index (χ4v) is 5.45. The molecular formula is C38H42O8. The Morgan fingerprint density at radius 2 is 0.957 bits per heavy atom. The largest absolute Gasteiger partial charge is 0.454 e. The zero-order valence-corrected chi connectivity index (χ0v) is 26.3. The fourth-order valence-electron chi connectivity index (χ4n) is 5.45. The lowest BCUT2D eigenvalue weighted by molar-refractivity contribution is -0.239. The molecule has 0 aromatic heterocycles. The average molecular weight is 627 g/mol. The van der Waals surface area contributed by atoms with Crippen molar-refractivity contribution in [2.24, 2.45) is 0 Å². The van der Waals surface area contributed by atoms with Crippen molar-refractivity contribution in [2.45, 2.75) is 70.2 Å². The highest BCUT2D eigenvalue weighted by Gasteiger charge is 2.51. The van der Waals surface area contributed by atoms with Gasteiger partial charge in [0.05, 0.1) is 33.0 Å². The Balaban J connectivity index is 1.50. The van der Waals surface area contributed by atoms with E-state index >= 15 is 0 Å². The molecule has 6 atom stereocenters. The van der Waals surface area contributed by atoms with Gasteiger partial charge < -0.3 is 33.2 Å². The number of hydrogen-bond acceptors (Lipinski definition) is 8. The number of ether oxygens (including phenoxy) is 7. The summed E-state index contributed by atoms with van der Waals surface area (Å²) in [6.07, 6.45) is -4.88. The van der Waals surface area contributed by atoms with Crippen molar-refractivity contribution >= 4 is 5.97 Å². The van der Waals surface area contributed by atoms with Gasteiger partial charge >= 0.3 is 5.97 Å². The molecule has 0 amide bonds. The SMILES string of the molecule is CO[C@@H]1O[C@H](COCc2ccccc2)[C@@H](OCc2ccccc2)[C@H](OCc2ccccc2)[C@@H](OCc2ccccc2)[C@H]1OC(C)=O. The third-order valence-corrected chi connectivity index (χ3v) is 7.70. The van der Waals surface area contributed by atoms with Crippen LogP contribution in [0.1, 0.15) is 29.2 Å². The van der Waals surface area contributed by atoms with Crippen molar-refractivity contribution in [1.82, 2.24) is 0 Å². The van der Waals surface area contributed by atoms with Gasteiger partial charge in [0.2, 0.25) is 0 Å². The second-order valence-electron chi connectivity index (χ2n) is 11.1. The standard InChI is InChI=1S/C38H42O8/c1-28(39)45-37-36(44-26-32-21-13-6-14-22-32)35(43-25-31-19-11-5-12-20-31)34(42-24-30-17-9-4-10-18-30)33(46-38(37)40-2)27-41-23-29-15-7-3-8-16-29/h3-22,33-38H,23-27H2,1-2H3/t33-,34-,35+,36-,37-,38-/m1/s1. The molecule has 0 radical (unpaired) electrons. The van der Waals surface area contributed by atoms with E-state index in [-0.39, 0.29) is 26.4 Å². The van der Waals surface area contributed by atoms with Crippen LogP contribution in [-0.4, -0.2) is 56.5 Å². The van der Waals surface area contributed by atoms with Gasteiger partial charge in [-0.3, -0.25) is 4.79 Å². The zero-order valence-electron chi connectivity index (χ0n) is 26.3. The van der Waals surface area contributed by atoms with Gasteiger partial charge in [0.25, 0.3) is 0 Å². The van der Waals surface area contributed by atoms with Crippen LogP contribution >= 0.6 is 0 Å². The minimum atomic E-state index is -0.983. The van der Waals surface area contributed by atoms with E-state index in [0.717, 1.165) is 22.3 Å². The molecule has 5 rings (SSSR count). The second-order valence-corrected chi connectivity index (χ2v) is 11.1. The lowest BCUT2D eigenvalue weighted by Crippen LogP contribution is -2.52. The van der Waals surface area contributed by atoms with Crippen LogP contribution in [0.15, 0.2) is 121 Å². The second kappa shape index (κ2) is 17.7. The van der Waals surface area contributed by atoms with Crippen molar-refractivity contribution < 1.29 is 38.0 Å². The molecule has 4 aromatic rings. The Kier molecular flexibility index (Phi) is 12.9. The predicted molar refractivity (Wildman–Crippen MR) is 172 cm³/mol. The van der Waals surface area contributed by atoms with Gasteiger partial charge in [-0.2, -0.15) is 0 Å². The number of methoxy groups -OCH3 is 1. The van der Waals surface area contributed by atoms with E-state index in [2.05, 4.69) is 0 Å². The first kappa shape index (κ1) is 33.5. The number of carbonyl (C=O) groups excluding carboxylic acids is 1. The maximum Gasteiger partial charge on any atom is 0.303 e. The predicted octanol–water partition coefficient (Wildman–Crippen LogP) is 6.26. The molecule has 1 fully saturated rings. The molecule has 0 saturated carbocycles. The third kappa shape index (κ3) is 9.80. The highest BCUT2D eigenvalue weighted by atomic mass is 16.7. The Hall–Kier alpha value is -3.89. The Morgan fingerprint density at radius 1 is 0.565 bits per heavy atom. The van der Waals surface area contributed by atoms with Gasteiger partial charge in [0.1, 0.15) is 24.4 Å². The molecule has 0 aliphatic carbocycles. The van der Waals surface area contributed by atoms with E-state index in [1.165, 1.54) is 14.0 Å². The van der Waals surface area contributed by atoms with E-state index in [0.29, 0.717) is 6.61 Å². The van der Waals surface area contributed by atoms with Gasteiger partial charge in [-0.15, -0.1) is 0 Å². The van der Waals surface area contributed by atoms with Gasteiger partial charge in [0.15, 0.2) is 12.4 Å². The summed E-state index contributed by atoms with van der Waals surface area (Å²) < 4.78 is 44.5. The fraction of sp³-hybridized carbons (Fsp3) is 0.342. The Labute approximate surface area is 271 Å². The summed E-state index contributed by atoms with van der Waals surface area (Å²) in [4.78, 5) is 12.5. The number of esters is 1. The Morgan fingerprint density at radius 3 is 1.37 bits per heavy atom. The van der Waals surface area contributed by atoms with Gasteiger partial charge in [-0.1, -0.05) is 121 Å². The molecule has 0 unspecified atom stereocenters. The van der Waals surface area contributed by atoms with Crippen LogP contribution in [-0.2, 0) is 64.4 Å². The van der Waals surface area contributed by atoms with E-state index < -0.39 is 42.8 Å². The first-order valence-electron chi connectivity index (χ1n) is 15.5. The lowest BCUT2D eigenvalue weighted by Gasteiger charge is -2.36. The summed E-state index contributed by atoms with van der Waals surface area (Å²) >= 11 is 0. The molecule has 8 nitrogen and oxygen atoms in total. The summed E-state index contributed by atoms with van der Waals surface area (Å²) in [6, 6.07) is 39.5. The van der Waals surface area contributed by atoms with E-state index in [1.54, 1.807) is 0 Å². The molecule has 46 heavy (non-hydrogen) atoms. The molecule has 4 aromatic carbocycles.